The molecule has 0 aromatic heterocycles. The van der Waals surface area contributed by atoms with Gasteiger partial charge in [0.05, 0.1) is 13.1 Å². The SMILES string of the molecule is CCNC(=NCC(C)(C)N1CCCCC1)NCCCN(C)CC(F)(F)F. The molecule has 0 aliphatic carbocycles. The van der Waals surface area contributed by atoms with Crippen LogP contribution in [0.4, 0.5) is 13.2 Å². The Kier molecular flexibility index (Phi) is 9.71. The van der Waals surface area contributed by atoms with Crippen molar-refractivity contribution in [1.29, 1.82) is 0 Å². The van der Waals surface area contributed by atoms with Crippen LogP contribution in [0.3, 0.4) is 0 Å². The molecule has 1 fully saturated rings. The first-order valence-corrected chi connectivity index (χ1v) is 9.66. The maximum Gasteiger partial charge on any atom is 0.401 e. The Bertz CT molecular complexity index is 418. The van der Waals surface area contributed by atoms with Gasteiger partial charge in [-0.2, -0.15) is 13.2 Å². The van der Waals surface area contributed by atoms with Gasteiger partial charge in [-0.15, -0.1) is 0 Å². The first-order chi connectivity index (χ1) is 12.1. The summed E-state index contributed by atoms with van der Waals surface area (Å²) < 4.78 is 37.0. The number of hydrogen-bond acceptors (Lipinski definition) is 3. The summed E-state index contributed by atoms with van der Waals surface area (Å²) in [7, 11) is 1.49. The van der Waals surface area contributed by atoms with Gasteiger partial charge in [0.1, 0.15) is 0 Å². The molecule has 1 heterocycles. The summed E-state index contributed by atoms with van der Waals surface area (Å²) in [6.07, 6.45) is 0.293. The molecule has 1 aliphatic heterocycles. The number of nitrogens with zero attached hydrogens (tertiary/aromatic N) is 3. The van der Waals surface area contributed by atoms with Gasteiger partial charge < -0.3 is 10.6 Å². The lowest BCUT2D eigenvalue weighted by Gasteiger charge is -2.40. The van der Waals surface area contributed by atoms with Crippen molar-refractivity contribution in [2.75, 3.05) is 52.9 Å². The molecule has 2 N–H and O–H groups in total. The van der Waals surface area contributed by atoms with Gasteiger partial charge in [0.15, 0.2) is 5.96 Å². The van der Waals surface area contributed by atoms with Crippen molar-refractivity contribution in [1.82, 2.24) is 20.4 Å². The lowest BCUT2D eigenvalue weighted by Crippen LogP contribution is -2.49. The maximum atomic E-state index is 12.3. The van der Waals surface area contributed by atoms with E-state index in [9.17, 15) is 13.2 Å². The number of guanidine groups is 1. The van der Waals surface area contributed by atoms with E-state index in [4.69, 9.17) is 4.99 Å². The Morgan fingerprint density at radius 1 is 1.12 bits per heavy atom. The second-order valence-electron chi connectivity index (χ2n) is 7.69. The van der Waals surface area contributed by atoms with Crippen LogP contribution in [0.2, 0.25) is 0 Å². The average molecular weight is 380 g/mol. The third-order valence-electron chi connectivity index (χ3n) is 4.64. The molecule has 154 valence electrons. The molecule has 5 nitrogen and oxygen atoms in total. The average Bonchev–Trinajstić information content (AvgIpc) is 2.55. The molecule has 0 bridgehead atoms. The van der Waals surface area contributed by atoms with E-state index in [1.807, 2.05) is 6.92 Å². The third kappa shape index (κ3) is 9.62. The summed E-state index contributed by atoms with van der Waals surface area (Å²) in [4.78, 5) is 8.49. The first-order valence-electron chi connectivity index (χ1n) is 9.66. The summed E-state index contributed by atoms with van der Waals surface area (Å²) in [5.74, 6) is 0.732. The largest absolute Gasteiger partial charge is 0.401 e. The van der Waals surface area contributed by atoms with Gasteiger partial charge >= 0.3 is 6.18 Å². The molecule has 0 unspecified atom stereocenters. The molecule has 0 aromatic rings. The molecule has 0 aromatic carbocycles. The highest BCUT2D eigenvalue weighted by Gasteiger charge is 2.29. The highest BCUT2D eigenvalue weighted by atomic mass is 19.4. The van der Waals surface area contributed by atoms with Crippen LogP contribution < -0.4 is 10.6 Å². The standard InChI is InChI=1S/C18H36F3N5/c1-5-22-16(23-10-9-11-25(4)15-18(19,20)21)24-14-17(2,3)26-12-7-6-8-13-26/h5-15H2,1-4H3,(H2,22,23,24). The van der Waals surface area contributed by atoms with Crippen molar-refractivity contribution in [2.24, 2.45) is 4.99 Å². The van der Waals surface area contributed by atoms with Crippen LogP contribution in [-0.2, 0) is 0 Å². The summed E-state index contributed by atoms with van der Waals surface area (Å²) in [5, 5.41) is 6.44. The van der Waals surface area contributed by atoms with Gasteiger partial charge in [-0.3, -0.25) is 14.8 Å². The number of piperidine rings is 1. The van der Waals surface area contributed by atoms with E-state index in [0.29, 0.717) is 26.1 Å². The number of likely N-dealkylation sites (tertiary alicyclic amines) is 1. The number of aliphatic imine (C=N–C) groups is 1. The number of hydrogen-bond donors (Lipinski definition) is 2. The van der Waals surface area contributed by atoms with Gasteiger partial charge in [-0.1, -0.05) is 6.42 Å². The number of rotatable bonds is 9. The summed E-state index contributed by atoms with van der Waals surface area (Å²) in [5.41, 5.74) is 0.00962. The minimum Gasteiger partial charge on any atom is -0.357 e. The molecule has 0 atom stereocenters. The van der Waals surface area contributed by atoms with E-state index in [0.717, 1.165) is 25.6 Å². The molecular formula is C18H36F3N5. The van der Waals surface area contributed by atoms with E-state index in [-0.39, 0.29) is 5.54 Å². The second kappa shape index (κ2) is 11.0. The van der Waals surface area contributed by atoms with Crippen molar-refractivity contribution < 1.29 is 13.2 Å². The van der Waals surface area contributed by atoms with Crippen LogP contribution in [-0.4, -0.2) is 80.3 Å². The summed E-state index contributed by atoms with van der Waals surface area (Å²) >= 11 is 0. The third-order valence-corrected chi connectivity index (χ3v) is 4.64. The van der Waals surface area contributed by atoms with Crippen molar-refractivity contribution >= 4 is 5.96 Å². The minimum absolute atomic E-state index is 0.00962. The van der Waals surface area contributed by atoms with Crippen LogP contribution in [0.5, 0.6) is 0 Å². The number of halogens is 3. The molecule has 1 rings (SSSR count). The highest BCUT2D eigenvalue weighted by Crippen LogP contribution is 2.20. The zero-order valence-corrected chi connectivity index (χ0v) is 16.8. The second-order valence-corrected chi connectivity index (χ2v) is 7.69. The molecule has 26 heavy (non-hydrogen) atoms. The Morgan fingerprint density at radius 2 is 1.77 bits per heavy atom. The Hall–Kier alpha value is -1.02. The van der Waals surface area contributed by atoms with E-state index >= 15 is 0 Å². The van der Waals surface area contributed by atoms with E-state index < -0.39 is 12.7 Å². The molecule has 0 saturated carbocycles. The molecular weight excluding hydrogens is 343 g/mol. The van der Waals surface area contributed by atoms with Crippen LogP contribution in [0.25, 0.3) is 0 Å². The zero-order valence-electron chi connectivity index (χ0n) is 16.8. The fourth-order valence-electron chi connectivity index (χ4n) is 3.15. The highest BCUT2D eigenvalue weighted by molar-refractivity contribution is 5.79. The van der Waals surface area contributed by atoms with Crippen LogP contribution >= 0.6 is 0 Å². The number of nitrogens with one attached hydrogen (secondary N) is 2. The topological polar surface area (TPSA) is 42.9 Å². The fraction of sp³-hybridized carbons (Fsp3) is 0.944. The Labute approximate surface area is 156 Å². The van der Waals surface area contributed by atoms with Crippen LogP contribution in [0.15, 0.2) is 4.99 Å². The predicted molar refractivity (Wildman–Crippen MR) is 102 cm³/mol. The lowest BCUT2D eigenvalue weighted by molar-refractivity contribution is -0.143. The minimum atomic E-state index is -4.14. The van der Waals surface area contributed by atoms with Crippen molar-refractivity contribution in [3.8, 4) is 0 Å². The van der Waals surface area contributed by atoms with E-state index in [1.165, 1.54) is 31.2 Å². The smallest absolute Gasteiger partial charge is 0.357 e. The van der Waals surface area contributed by atoms with Gasteiger partial charge in [-0.05, 0) is 66.7 Å². The fourth-order valence-corrected chi connectivity index (χ4v) is 3.15. The van der Waals surface area contributed by atoms with Gasteiger partial charge in [0, 0.05) is 18.6 Å². The van der Waals surface area contributed by atoms with Crippen molar-refractivity contribution in [2.45, 2.75) is 58.2 Å². The van der Waals surface area contributed by atoms with E-state index in [1.54, 1.807) is 0 Å². The first kappa shape index (κ1) is 23.0. The Balaban J connectivity index is 2.40. The molecule has 0 spiro atoms. The summed E-state index contributed by atoms with van der Waals surface area (Å²) in [6.45, 7) is 10.3. The van der Waals surface area contributed by atoms with Gasteiger partial charge in [0.2, 0.25) is 0 Å². The van der Waals surface area contributed by atoms with Crippen molar-refractivity contribution in [3.63, 3.8) is 0 Å². The summed E-state index contributed by atoms with van der Waals surface area (Å²) in [6, 6.07) is 0. The predicted octanol–water partition coefficient (Wildman–Crippen LogP) is 2.69. The molecule has 8 heteroatoms. The molecule has 0 amide bonds. The van der Waals surface area contributed by atoms with E-state index in [2.05, 4.69) is 29.4 Å². The normalized spacial score (nSPS) is 17.6. The number of alkyl halides is 3. The van der Waals surface area contributed by atoms with Gasteiger partial charge in [-0.25, -0.2) is 0 Å². The molecule has 0 radical (unpaired) electrons. The Morgan fingerprint density at radius 3 is 2.35 bits per heavy atom. The van der Waals surface area contributed by atoms with Crippen LogP contribution in [0.1, 0.15) is 46.5 Å². The molecule has 1 aliphatic rings. The maximum absolute atomic E-state index is 12.3. The lowest BCUT2D eigenvalue weighted by atomic mass is 9.99. The van der Waals surface area contributed by atoms with Crippen LogP contribution in [0, 0.1) is 0 Å². The monoisotopic (exact) mass is 379 g/mol. The zero-order chi connectivity index (χ0) is 19.6. The quantitative estimate of drug-likeness (QED) is 0.367. The van der Waals surface area contributed by atoms with Gasteiger partial charge in [0.25, 0.3) is 0 Å². The molecule has 1 saturated heterocycles. The van der Waals surface area contributed by atoms with Crippen molar-refractivity contribution in [3.05, 3.63) is 0 Å².